The molecule has 2 aromatic carbocycles. The minimum absolute atomic E-state index is 0.00835. The smallest absolute Gasteiger partial charge is 0.399 e. The van der Waals surface area contributed by atoms with Crippen molar-refractivity contribution in [3.05, 3.63) is 92.9 Å². The molecule has 1 amide bonds. The Labute approximate surface area is 172 Å². The fourth-order valence-electron chi connectivity index (χ4n) is 3.35. The average Bonchev–Trinajstić information content (AvgIpc) is 2.68. The monoisotopic (exact) mass is 437 g/mol. The molecule has 1 unspecified atom stereocenters. The zero-order valence-corrected chi connectivity index (χ0v) is 16.0. The van der Waals surface area contributed by atoms with E-state index in [0.29, 0.717) is 0 Å². The van der Waals surface area contributed by atoms with Gasteiger partial charge in [0, 0.05) is 23.4 Å². The molecular formula is C21H16F5N3O2. The number of anilines is 1. The lowest BCUT2D eigenvalue weighted by Gasteiger charge is -2.23. The van der Waals surface area contributed by atoms with Gasteiger partial charge in [-0.1, -0.05) is 13.0 Å². The molecule has 1 heterocycles. The summed E-state index contributed by atoms with van der Waals surface area (Å²) in [5, 5.41) is 0. The highest BCUT2D eigenvalue weighted by Gasteiger charge is 2.32. The van der Waals surface area contributed by atoms with E-state index in [1.807, 2.05) is 0 Å². The molecule has 1 aromatic heterocycles. The van der Waals surface area contributed by atoms with Crippen molar-refractivity contribution in [2.75, 3.05) is 5.73 Å². The van der Waals surface area contributed by atoms with Crippen molar-refractivity contribution >= 4 is 11.6 Å². The maximum atomic E-state index is 14.5. The summed E-state index contributed by atoms with van der Waals surface area (Å²) in [5.41, 5.74) is 7.95. The number of aromatic nitrogens is 1. The number of alkyl halides is 3. The Hall–Kier alpha value is -3.69. The Bertz CT molecular complexity index is 1230. The number of nitrogen functional groups attached to an aromatic ring is 1. The number of pyridine rings is 1. The molecule has 0 fully saturated rings. The molecule has 0 aliphatic rings. The SMILES string of the molecule is CC(c1cc(N)cc(C(F)(F)F)c1)c1c(C(N)=O)ccc(=O)n1-c1cccc(F)c1F. The summed E-state index contributed by atoms with van der Waals surface area (Å²) in [5.74, 6) is -4.71. The largest absolute Gasteiger partial charge is 0.416 e. The molecule has 1 atom stereocenters. The van der Waals surface area contributed by atoms with Crippen LogP contribution >= 0.6 is 0 Å². The maximum Gasteiger partial charge on any atom is 0.416 e. The van der Waals surface area contributed by atoms with E-state index >= 15 is 0 Å². The van der Waals surface area contributed by atoms with Crippen LogP contribution in [0.5, 0.6) is 0 Å². The number of hydrogen-bond donors (Lipinski definition) is 2. The van der Waals surface area contributed by atoms with Gasteiger partial charge in [0.1, 0.15) is 0 Å². The van der Waals surface area contributed by atoms with Gasteiger partial charge in [-0.3, -0.25) is 14.2 Å². The molecule has 162 valence electrons. The van der Waals surface area contributed by atoms with Crippen LogP contribution in [0, 0.1) is 11.6 Å². The molecule has 0 aliphatic heterocycles. The zero-order chi connectivity index (χ0) is 23.1. The number of amides is 1. The number of nitrogens with zero attached hydrogens (tertiary/aromatic N) is 1. The van der Waals surface area contributed by atoms with Crippen LogP contribution in [0.25, 0.3) is 5.69 Å². The fraction of sp³-hybridized carbons (Fsp3) is 0.143. The summed E-state index contributed by atoms with van der Waals surface area (Å²) >= 11 is 0. The Kier molecular flexibility index (Phi) is 5.58. The van der Waals surface area contributed by atoms with Crippen LogP contribution in [-0.4, -0.2) is 10.5 Å². The average molecular weight is 437 g/mol. The van der Waals surface area contributed by atoms with Gasteiger partial charge >= 0.3 is 6.18 Å². The molecule has 0 bridgehead atoms. The van der Waals surface area contributed by atoms with Crippen molar-refractivity contribution in [2.45, 2.75) is 19.0 Å². The van der Waals surface area contributed by atoms with E-state index in [0.717, 1.165) is 47.0 Å². The minimum atomic E-state index is -4.71. The summed E-state index contributed by atoms with van der Waals surface area (Å²) in [6, 6.07) is 7.86. The standard InChI is InChI=1S/C21H16F5N3O2/c1-10(11-7-12(21(24,25)26)9-13(27)8-11)19-14(20(28)31)5-6-17(30)29(19)16-4-2-3-15(22)18(16)23/h2-10H,27H2,1H3,(H2,28,31). The van der Waals surface area contributed by atoms with E-state index in [4.69, 9.17) is 11.5 Å². The van der Waals surface area contributed by atoms with E-state index in [2.05, 4.69) is 0 Å². The van der Waals surface area contributed by atoms with Crippen LogP contribution in [0.3, 0.4) is 0 Å². The third-order valence-electron chi connectivity index (χ3n) is 4.78. The third-order valence-corrected chi connectivity index (χ3v) is 4.78. The number of benzene rings is 2. The van der Waals surface area contributed by atoms with Crippen molar-refractivity contribution in [3.8, 4) is 5.69 Å². The molecule has 0 saturated carbocycles. The van der Waals surface area contributed by atoms with Crippen molar-refractivity contribution in [3.63, 3.8) is 0 Å². The van der Waals surface area contributed by atoms with Crippen LogP contribution < -0.4 is 17.0 Å². The predicted octanol–water partition coefficient (Wildman–Crippen LogP) is 3.97. The number of nitrogens with two attached hydrogens (primary N) is 2. The first kappa shape index (κ1) is 22.0. The Balaban J connectivity index is 2.36. The lowest BCUT2D eigenvalue weighted by atomic mass is 9.91. The van der Waals surface area contributed by atoms with Gasteiger partial charge in [0.05, 0.1) is 16.8 Å². The van der Waals surface area contributed by atoms with Crippen molar-refractivity contribution in [1.29, 1.82) is 0 Å². The molecule has 0 spiro atoms. The number of carbonyl (C=O) groups excluding carboxylic acids is 1. The highest BCUT2D eigenvalue weighted by atomic mass is 19.4. The van der Waals surface area contributed by atoms with E-state index in [9.17, 15) is 31.5 Å². The quantitative estimate of drug-likeness (QED) is 0.478. The van der Waals surface area contributed by atoms with Crippen molar-refractivity contribution < 1.29 is 26.7 Å². The van der Waals surface area contributed by atoms with Crippen molar-refractivity contribution in [1.82, 2.24) is 4.57 Å². The van der Waals surface area contributed by atoms with E-state index < -0.39 is 46.4 Å². The van der Waals surface area contributed by atoms with Crippen LogP contribution in [-0.2, 0) is 6.18 Å². The highest BCUT2D eigenvalue weighted by molar-refractivity contribution is 5.94. The number of hydrogen-bond acceptors (Lipinski definition) is 3. The second-order valence-corrected chi connectivity index (χ2v) is 6.85. The Morgan fingerprint density at radius 3 is 2.35 bits per heavy atom. The third kappa shape index (κ3) is 4.14. The van der Waals surface area contributed by atoms with Gasteiger partial charge in [0.25, 0.3) is 11.5 Å². The van der Waals surface area contributed by atoms with Crippen LogP contribution in [0.15, 0.2) is 53.3 Å². The summed E-state index contributed by atoms with van der Waals surface area (Å²) in [4.78, 5) is 24.7. The second-order valence-electron chi connectivity index (χ2n) is 6.85. The summed E-state index contributed by atoms with van der Waals surface area (Å²) in [6.07, 6.45) is -4.71. The van der Waals surface area contributed by atoms with Gasteiger partial charge < -0.3 is 11.5 Å². The lowest BCUT2D eigenvalue weighted by molar-refractivity contribution is -0.137. The van der Waals surface area contributed by atoms with Crippen LogP contribution in [0.4, 0.5) is 27.6 Å². The normalized spacial score (nSPS) is 12.6. The summed E-state index contributed by atoms with van der Waals surface area (Å²) in [6.45, 7) is 1.39. The van der Waals surface area contributed by atoms with E-state index in [1.165, 1.54) is 13.0 Å². The molecule has 0 saturated heterocycles. The molecule has 31 heavy (non-hydrogen) atoms. The van der Waals surface area contributed by atoms with Gasteiger partial charge in [0.2, 0.25) is 0 Å². The molecule has 0 radical (unpaired) electrons. The van der Waals surface area contributed by atoms with Crippen LogP contribution in [0.1, 0.15) is 40.0 Å². The van der Waals surface area contributed by atoms with E-state index in [-0.39, 0.29) is 22.5 Å². The first-order valence-corrected chi connectivity index (χ1v) is 8.89. The molecule has 10 heteroatoms. The Morgan fingerprint density at radius 2 is 1.74 bits per heavy atom. The highest BCUT2D eigenvalue weighted by Crippen LogP contribution is 2.36. The maximum absolute atomic E-state index is 14.5. The van der Waals surface area contributed by atoms with Gasteiger partial charge in [-0.25, -0.2) is 8.78 Å². The van der Waals surface area contributed by atoms with E-state index in [1.54, 1.807) is 0 Å². The molecule has 0 aliphatic carbocycles. The summed E-state index contributed by atoms with van der Waals surface area (Å²) in [7, 11) is 0. The lowest BCUT2D eigenvalue weighted by Crippen LogP contribution is -2.28. The zero-order valence-electron chi connectivity index (χ0n) is 16.0. The second kappa shape index (κ2) is 7.86. The topological polar surface area (TPSA) is 91.1 Å². The van der Waals surface area contributed by atoms with Crippen LogP contribution in [0.2, 0.25) is 0 Å². The molecule has 3 rings (SSSR count). The van der Waals surface area contributed by atoms with Gasteiger partial charge in [-0.15, -0.1) is 0 Å². The van der Waals surface area contributed by atoms with Gasteiger partial charge in [-0.05, 0) is 42.0 Å². The number of primary amides is 1. The molecule has 4 N–H and O–H groups in total. The molecule has 3 aromatic rings. The minimum Gasteiger partial charge on any atom is -0.399 e. The van der Waals surface area contributed by atoms with Gasteiger partial charge in [0.15, 0.2) is 11.6 Å². The first-order chi connectivity index (χ1) is 14.4. The molecular weight excluding hydrogens is 421 g/mol. The first-order valence-electron chi connectivity index (χ1n) is 8.89. The number of halogens is 5. The van der Waals surface area contributed by atoms with Crippen molar-refractivity contribution in [2.24, 2.45) is 5.73 Å². The molecule has 5 nitrogen and oxygen atoms in total. The number of rotatable bonds is 4. The summed E-state index contributed by atoms with van der Waals surface area (Å²) < 4.78 is 68.8. The fourth-order valence-corrected chi connectivity index (χ4v) is 3.35. The Morgan fingerprint density at radius 1 is 1.06 bits per heavy atom. The predicted molar refractivity (Wildman–Crippen MR) is 104 cm³/mol. The van der Waals surface area contributed by atoms with Gasteiger partial charge in [-0.2, -0.15) is 13.2 Å². The number of carbonyl (C=O) groups is 1.